The van der Waals surface area contributed by atoms with Gasteiger partial charge in [-0.1, -0.05) is 30.3 Å². The normalized spacial score (nSPS) is 16.8. The van der Waals surface area contributed by atoms with Gasteiger partial charge in [-0.2, -0.15) is 0 Å². The molecule has 0 bridgehead atoms. The third kappa shape index (κ3) is 2.27. The molecule has 2 aromatic carbocycles. The first-order valence-corrected chi connectivity index (χ1v) is 6.66. The van der Waals surface area contributed by atoms with Crippen LogP contribution in [0.4, 0.5) is 0 Å². The fraction of sp³-hybridized carbons (Fsp3) is 0.235. The first-order valence-electron chi connectivity index (χ1n) is 6.66. The lowest BCUT2D eigenvalue weighted by molar-refractivity contribution is -0.141. The third-order valence-electron chi connectivity index (χ3n) is 3.91. The van der Waals surface area contributed by atoms with Gasteiger partial charge in [0, 0.05) is 0 Å². The summed E-state index contributed by atoms with van der Waals surface area (Å²) in [6.45, 7) is 0. The Balaban J connectivity index is 1.90. The van der Waals surface area contributed by atoms with Gasteiger partial charge in [0.2, 0.25) is 0 Å². The molecule has 1 aliphatic carbocycles. The van der Waals surface area contributed by atoms with Crippen LogP contribution in [0.5, 0.6) is 5.75 Å². The lowest BCUT2D eigenvalue weighted by Crippen LogP contribution is -2.12. The number of fused-ring (bicyclic) bond motifs is 1. The predicted octanol–water partition coefficient (Wildman–Crippen LogP) is 3.16. The second-order valence-electron chi connectivity index (χ2n) is 5.16. The number of carboxylic acids is 1. The highest BCUT2D eigenvalue weighted by Gasteiger charge is 2.27. The molecule has 0 saturated heterocycles. The minimum Gasteiger partial charge on any atom is -0.497 e. The van der Waals surface area contributed by atoms with Crippen LogP contribution in [0.3, 0.4) is 0 Å². The second kappa shape index (κ2) is 5.00. The van der Waals surface area contributed by atoms with Gasteiger partial charge in [-0.05, 0) is 47.2 Å². The molecule has 0 aromatic heterocycles. The number of carbonyl (C=O) groups is 1. The van der Waals surface area contributed by atoms with Crippen molar-refractivity contribution < 1.29 is 14.6 Å². The van der Waals surface area contributed by atoms with Crippen molar-refractivity contribution in [1.29, 1.82) is 0 Å². The summed E-state index contributed by atoms with van der Waals surface area (Å²) in [4.78, 5) is 11.1. The molecule has 1 atom stereocenters. The van der Waals surface area contributed by atoms with Crippen LogP contribution in [0.25, 0.3) is 11.1 Å². The van der Waals surface area contributed by atoms with Crippen molar-refractivity contribution in [3.63, 3.8) is 0 Å². The van der Waals surface area contributed by atoms with Crippen molar-refractivity contribution in [2.45, 2.75) is 12.8 Å². The summed E-state index contributed by atoms with van der Waals surface area (Å²) in [5, 5.41) is 9.12. The maximum atomic E-state index is 11.1. The van der Waals surface area contributed by atoms with E-state index in [1.54, 1.807) is 7.11 Å². The van der Waals surface area contributed by atoms with Crippen LogP contribution in [-0.2, 0) is 17.6 Å². The average Bonchev–Trinajstić information content (AvgIpc) is 2.90. The van der Waals surface area contributed by atoms with E-state index < -0.39 is 5.97 Å². The maximum absolute atomic E-state index is 11.1. The molecule has 0 amide bonds. The molecule has 3 rings (SSSR count). The van der Waals surface area contributed by atoms with Crippen LogP contribution in [0.15, 0.2) is 42.5 Å². The zero-order valence-electron chi connectivity index (χ0n) is 11.3. The average molecular weight is 268 g/mol. The number of hydrogen-bond acceptors (Lipinski definition) is 2. The summed E-state index contributed by atoms with van der Waals surface area (Å²) in [7, 11) is 1.65. The molecule has 1 N–H and O–H groups in total. The molecule has 3 heteroatoms. The van der Waals surface area contributed by atoms with Gasteiger partial charge in [0.05, 0.1) is 13.0 Å². The monoisotopic (exact) mass is 268 g/mol. The molecule has 0 saturated carbocycles. The highest BCUT2D eigenvalue weighted by atomic mass is 16.5. The first-order chi connectivity index (χ1) is 9.67. The highest BCUT2D eigenvalue weighted by Crippen LogP contribution is 2.31. The Morgan fingerprint density at radius 1 is 1.05 bits per heavy atom. The fourth-order valence-electron chi connectivity index (χ4n) is 2.76. The van der Waals surface area contributed by atoms with Crippen molar-refractivity contribution in [1.82, 2.24) is 0 Å². The number of carboxylic acid groups (broad SMARTS) is 1. The Hall–Kier alpha value is -2.29. The van der Waals surface area contributed by atoms with Crippen molar-refractivity contribution in [2.24, 2.45) is 5.92 Å². The number of hydrogen-bond donors (Lipinski definition) is 1. The fourth-order valence-corrected chi connectivity index (χ4v) is 2.76. The highest BCUT2D eigenvalue weighted by molar-refractivity contribution is 5.73. The molecule has 0 fully saturated rings. The Labute approximate surface area is 117 Å². The van der Waals surface area contributed by atoms with E-state index in [1.807, 2.05) is 24.3 Å². The van der Waals surface area contributed by atoms with E-state index in [0.29, 0.717) is 12.8 Å². The summed E-state index contributed by atoms with van der Waals surface area (Å²) in [5.74, 6) is -0.135. The molecule has 0 heterocycles. The van der Waals surface area contributed by atoms with Crippen molar-refractivity contribution in [2.75, 3.05) is 7.11 Å². The molecule has 0 aliphatic heterocycles. The largest absolute Gasteiger partial charge is 0.497 e. The van der Waals surface area contributed by atoms with Crippen molar-refractivity contribution in [3.05, 3.63) is 53.6 Å². The van der Waals surface area contributed by atoms with Crippen LogP contribution in [0.1, 0.15) is 11.1 Å². The van der Waals surface area contributed by atoms with Gasteiger partial charge in [0.15, 0.2) is 0 Å². The summed E-state index contributed by atoms with van der Waals surface area (Å²) in [6, 6.07) is 14.1. The van der Waals surface area contributed by atoms with Gasteiger partial charge in [-0.15, -0.1) is 0 Å². The van der Waals surface area contributed by atoms with E-state index in [-0.39, 0.29) is 5.92 Å². The van der Waals surface area contributed by atoms with Gasteiger partial charge in [-0.25, -0.2) is 0 Å². The van der Waals surface area contributed by atoms with E-state index in [9.17, 15) is 4.79 Å². The summed E-state index contributed by atoms with van der Waals surface area (Å²) < 4.78 is 5.15. The number of rotatable bonds is 3. The Morgan fingerprint density at radius 3 is 2.35 bits per heavy atom. The Kier molecular flexibility index (Phi) is 3.18. The molecular formula is C17H16O3. The van der Waals surface area contributed by atoms with Gasteiger partial charge in [-0.3, -0.25) is 4.79 Å². The minimum atomic E-state index is -0.702. The third-order valence-corrected chi connectivity index (χ3v) is 3.91. The van der Waals surface area contributed by atoms with Crippen LogP contribution < -0.4 is 4.74 Å². The number of aliphatic carboxylic acids is 1. The molecular weight excluding hydrogens is 252 g/mol. The predicted molar refractivity (Wildman–Crippen MR) is 77.0 cm³/mol. The summed E-state index contributed by atoms with van der Waals surface area (Å²) in [6.07, 6.45) is 1.28. The summed E-state index contributed by atoms with van der Waals surface area (Å²) >= 11 is 0. The Morgan fingerprint density at radius 2 is 1.70 bits per heavy atom. The Bertz CT molecular complexity index is 644. The smallest absolute Gasteiger partial charge is 0.307 e. The zero-order chi connectivity index (χ0) is 14.1. The number of methoxy groups -OCH3 is 1. The van der Waals surface area contributed by atoms with Gasteiger partial charge >= 0.3 is 5.97 Å². The van der Waals surface area contributed by atoms with Crippen LogP contribution in [0, 0.1) is 5.92 Å². The van der Waals surface area contributed by atoms with Crippen molar-refractivity contribution >= 4 is 5.97 Å². The van der Waals surface area contributed by atoms with E-state index in [4.69, 9.17) is 9.84 Å². The standard InChI is InChI=1S/C17H16O3/c1-20-16-6-4-11(5-7-16)12-2-3-13-9-15(17(18)19)10-14(13)8-12/h2-8,15H,9-10H2,1H3,(H,18,19). The molecule has 20 heavy (non-hydrogen) atoms. The van der Waals surface area contributed by atoms with E-state index in [2.05, 4.69) is 18.2 Å². The number of ether oxygens (including phenoxy) is 1. The SMILES string of the molecule is COc1ccc(-c2ccc3c(c2)CC(C(=O)O)C3)cc1. The van der Waals surface area contributed by atoms with Gasteiger partial charge in [0.1, 0.15) is 5.75 Å². The maximum Gasteiger partial charge on any atom is 0.307 e. The number of benzene rings is 2. The van der Waals surface area contributed by atoms with Crippen LogP contribution in [0.2, 0.25) is 0 Å². The topological polar surface area (TPSA) is 46.5 Å². The molecule has 102 valence electrons. The first kappa shape index (κ1) is 12.7. The molecule has 2 aromatic rings. The van der Waals surface area contributed by atoms with Crippen molar-refractivity contribution in [3.8, 4) is 16.9 Å². The minimum absolute atomic E-state index is 0.267. The lowest BCUT2D eigenvalue weighted by atomic mass is 10.0. The van der Waals surface area contributed by atoms with E-state index in [0.717, 1.165) is 28.0 Å². The molecule has 1 aliphatic rings. The van der Waals surface area contributed by atoms with E-state index in [1.165, 1.54) is 0 Å². The molecule has 0 spiro atoms. The molecule has 3 nitrogen and oxygen atoms in total. The zero-order valence-corrected chi connectivity index (χ0v) is 11.3. The van der Waals surface area contributed by atoms with Gasteiger partial charge < -0.3 is 9.84 Å². The van der Waals surface area contributed by atoms with E-state index >= 15 is 0 Å². The van der Waals surface area contributed by atoms with Crippen LogP contribution >= 0.6 is 0 Å². The van der Waals surface area contributed by atoms with Crippen LogP contribution in [-0.4, -0.2) is 18.2 Å². The van der Waals surface area contributed by atoms with Gasteiger partial charge in [0.25, 0.3) is 0 Å². The lowest BCUT2D eigenvalue weighted by Gasteiger charge is -2.06. The quantitative estimate of drug-likeness (QED) is 0.930. The molecule has 1 unspecified atom stereocenters. The second-order valence-corrected chi connectivity index (χ2v) is 5.16. The molecule has 0 radical (unpaired) electrons. The summed E-state index contributed by atoms with van der Waals surface area (Å²) in [5.41, 5.74) is 4.56.